The van der Waals surface area contributed by atoms with Crippen molar-refractivity contribution in [3.05, 3.63) is 86.8 Å². The predicted octanol–water partition coefficient (Wildman–Crippen LogP) is 9.40. The second kappa shape index (κ2) is 12.1. The minimum absolute atomic E-state index is 0.0621. The lowest BCUT2D eigenvalue weighted by Crippen LogP contribution is -2.31. The molecule has 11 nitrogen and oxygen atoms in total. The molecule has 9 rings (SSSR count). The summed E-state index contributed by atoms with van der Waals surface area (Å²) in [5, 5.41) is 13.1. The van der Waals surface area contributed by atoms with Crippen LogP contribution in [0, 0.1) is 5.41 Å². The number of carboxylic acid groups (broad SMARTS) is 1. The highest BCUT2D eigenvalue weighted by atomic mass is 35.5. The van der Waals surface area contributed by atoms with Crippen LogP contribution in [0.15, 0.2) is 66.7 Å². The Hall–Kier alpha value is -5.33. The quantitative estimate of drug-likeness (QED) is 0.0910. The fourth-order valence-electron chi connectivity index (χ4n) is 6.52. The van der Waals surface area contributed by atoms with Gasteiger partial charge in [-0.05, 0) is 38.1 Å². The minimum atomic E-state index is -1.12. The Bertz CT molecular complexity index is 2940. The van der Waals surface area contributed by atoms with E-state index in [0.29, 0.717) is 73.5 Å². The van der Waals surface area contributed by atoms with Crippen LogP contribution < -0.4 is 9.30 Å². The predicted molar refractivity (Wildman–Crippen MR) is 206 cm³/mol. The van der Waals surface area contributed by atoms with Gasteiger partial charge in [-0.2, -0.15) is 0 Å². The van der Waals surface area contributed by atoms with Gasteiger partial charge in [-0.1, -0.05) is 98.8 Å². The molecule has 53 heavy (non-hydrogen) atoms. The van der Waals surface area contributed by atoms with Crippen molar-refractivity contribution in [3.63, 3.8) is 0 Å². The zero-order valence-corrected chi connectivity index (χ0v) is 31.0. The van der Waals surface area contributed by atoms with Crippen molar-refractivity contribution in [2.45, 2.75) is 13.8 Å². The van der Waals surface area contributed by atoms with E-state index >= 15 is 0 Å². The molecule has 8 bridgehead atoms. The molecule has 2 aliphatic rings. The second-order valence-corrected chi connectivity index (χ2v) is 14.9. The lowest BCUT2D eigenvalue weighted by atomic mass is 9.95. The van der Waals surface area contributed by atoms with Crippen LogP contribution in [0.25, 0.3) is 89.7 Å². The average Bonchev–Trinajstić information content (AvgIpc) is 3.86. The Morgan fingerprint density at radius 2 is 1.15 bits per heavy atom. The Morgan fingerprint density at radius 1 is 0.679 bits per heavy atom. The van der Waals surface area contributed by atoms with Crippen LogP contribution in [-0.4, -0.2) is 52.6 Å². The first-order chi connectivity index (χ1) is 25.4. The number of rotatable bonds is 4. The first-order valence-corrected chi connectivity index (χ1v) is 17.8. The number of ether oxygens (including phenoxy) is 1. The normalized spacial score (nSPS) is 12.3. The van der Waals surface area contributed by atoms with Crippen molar-refractivity contribution in [2.75, 3.05) is 6.61 Å². The zero-order chi connectivity index (χ0) is 36.9. The van der Waals surface area contributed by atoms with Crippen LogP contribution in [-0.2, 0) is 11.8 Å². The summed E-state index contributed by atoms with van der Waals surface area (Å²) in [6, 6.07) is 20.9. The number of H-pyrrole nitrogens is 2. The molecule has 7 aromatic rings. The Kier molecular flexibility index (Phi) is 7.65. The maximum atomic E-state index is 11.8. The standard InChI is InChI=1S/C38H24Cl4N8O3/c1-38(2,37(51)52)15-53-16-12-13-21-22(14-16)34-47-32(21)45-30-18-9-5-4-8-17(18)29(43-30)44-31-19-10-6-7-11-20(19)33(46-31)48-35-23-24(36(49-34)50(35)3)26(40)28(42)27(41)25(23)39/h4-14H,15H2,1-3H3,(H2,43,44,45,46,47,48,49,51,52)/p+1. The fourth-order valence-corrected chi connectivity index (χ4v) is 7.54. The summed E-state index contributed by atoms with van der Waals surface area (Å²) < 4.78 is 7.78. The third-order valence-electron chi connectivity index (χ3n) is 9.43. The number of fused-ring (bicyclic) bond motifs is 20. The zero-order valence-electron chi connectivity index (χ0n) is 28.0. The third-order valence-corrected chi connectivity index (χ3v) is 11.2. The van der Waals surface area contributed by atoms with Gasteiger partial charge in [0.05, 0.1) is 43.7 Å². The summed E-state index contributed by atoms with van der Waals surface area (Å²) in [4.78, 5) is 43.9. The summed E-state index contributed by atoms with van der Waals surface area (Å²) in [6.45, 7) is 3.14. The minimum Gasteiger partial charge on any atom is -0.492 e. The van der Waals surface area contributed by atoms with Gasteiger partial charge in [-0.25, -0.2) is 19.5 Å². The van der Waals surface area contributed by atoms with Crippen molar-refractivity contribution in [3.8, 4) is 51.3 Å². The van der Waals surface area contributed by atoms with E-state index in [-0.39, 0.29) is 26.7 Å². The van der Waals surface area contributed by atoms with Crippen LogP contribution in [0.4, 0.5) is 0 Å². The van der Waals surface area contributed by atoms with Crippen molar-refractivity contribution >= 4 is 96.5 Å². The van der Waals surface area contributed by atoms with Crippen LogP contribution in [0.5, 0.6) is 5.75 Å². The average molecular weight is 783 g/mol. The summed E-state index contributed by atoms with van der Waals surface area (Å²) in [7, 11) is 1.80. The number of hydrogen-bond acceptors (Lipinski definition) is 7. The molecule has 0 atom stereocenters. The summed E-state index contributed by atoms with van der Waals surface area (Å²) >= 11 is 27.2. The van der Waals surface area contributed by atoms with Crippen molar-refractivity contribution in [1.29, 1.82) is 0 Å². The summed E-state index contributed by atoms with van der Waals surface area (Å²) in [5.74, 6) is 1.18. The maximum Gasteiger partial charge on any atom is 0.312 e. The van der Waals surface area contributed by atoms with Gasteiger partial charge in [0.25, 0.3) is 11.6 Å². The lowest BCUT2D eigenvalue weighted by molar-refractivity contribution is -0.650. The number of aliphatic carboxylic acids is 1. The number of nitrogens with zero attached hydrogens (tertiary/aromatic N) is 6. The number of carboxylic acids is 1. The van der Waals surface area contributed by atoms with E-state index in [1.54, 1.807) is 37.6 Å². The molecule has 3 aromatic heterocycles. The molecule has 4 aromatic carbocycles. The number of nitrogens with one attached hydrogen (secondary N) is 2. The van der Waals surface area contributed by atoms with Gasteiger partial charge >= 0.3 is 5.97 Å². The van der Waals surface area contributed by atoms with Crippen molar-refractivity contribution < 1.29 is 19.2 Å². The van der Waals surface area contributed by atoms with Crippen LogP contribution in [0.2, 0.25) is 20.1 Å². The smallest absolute Gasteiger partial charge is 0.312 e. The molecular formula is C38H25Cl4N8O3+. The first kappa shape index (κ1) is 33.5. The molecule has 0 radical (unpaired) electrons. The van der Waals surface area contributed by atoms with E-state index in [9.17, 15) is 9.90 Å². The third kappa shape index (κ3) is 5.21. The number of aromatic nitrogens is 8. The van der Waals surface area contributed by atoms with E-state index in [0.717, 1.165) is 21.9 Å². The van der Waals surface area contributed by atoms with Crippen LogP contribution >= 0.6 is 46.4 Å². The van der Waals surface area contributed by atoms with Gasteiger partial charge in [-0.3, -0.25) is 4.79 Å². The molecular weight excluding hydrogens is 758 g/mol. The molecule has 0 fully saturated rings. The number of halogens is 4. The maximum absolute atomic E-state index is 11.8. The molecule has 15 heteroatoms. The lowest BCUT2D eigenvalue weighted by Gasteiger charge is -2.19. The molecule has 0 amide bonds. The molecule has 0 saturated heterocycles. The van der Waals surface area contributed by atoms with Crippen molar-refractivity contribution in [2.24, 2.45) is 12.5 Å². The van der Waals surface area contributed by atoms with Crippen LogP contribution in [0.1, 0.15) is 13.8 Å². The highest BCUT2D eigenvalue weighted by molar-refractivity contribution is 6.54. The summed E-state index contributed by atoms with van der Waals surface area (Å²) in [6.07, 6.45) is 0. The summed E-state index contributed by atoms with van der Waals surface area (Å²) in [5.41, 5.74) is 3.31. The van der Waals surface area contributed by atoms with Gasteiger partial charge < -0.3 is 19.8 Å². The van der Waals surface area contributed by atoms with E-state index in [2.05, 4.69) is 9.97 Å². The van der Waals surface area contributed by atoms with E-state index in [4.69, 9.17) is 76.1 Å². The largest absolute Gasteiger partial charge is 0.492 e. The van der Waals surface area contributed by atoms with Crippen molar-refractivity contribution in [1.82, 2.24) is 34.9 Å². The second-order valence-electron chi connectivity index (χ2n) is 13.3. The monoisotopic (exact) mass is 781 g/mol. The SMILES string of the molecule is C[n+]1c2nc3[nH]c(nc4nc(nc5[nH]c(nc1-c1c(Cl)c(Cl)c(Cl)c(Cl)c1-2)c1cc(OCC(C)(C)C(=O)O)ccc51)-c1ccccc1-4)c1ccccc31. The first-order valence-electron chi connectivity index (χ1n) is 16.3. The Morgan fingerprint density at radius 3 is 1.68 bits per heavy atom. The van der Waals surface area contributed by atoms with Crippen LogP contribution in [0.3, 0.4) is 0 Å². The molecule has 262 valence electrons. The number of benzene rings is 4. The van der Waals surface area contributed by atoms with Gasteiger partial charge in [-0.15, -0.1) is 0 Å². The Balaban J connectivity index is 1.45. The molecule has 0 saturated carbocycles. The Labute approximate surface area is 320 Å². The van der Waals surface area contributed by atoms with Gasteiger partial charge in [0.1, 0.15) is 23.7 Å². The molecule has 3 N–H and O–H groups in total. The molecule has 5 heterocycles. The van der Waals surface area contributed by atoms with Gasteiger partial charge in [0.2, 0.25) is 11.3 Å². The molecule has 2 aliphatic heterocycles. The number of hydrogen-bond donors (Lipinski definition) is 3. The highest BCUT2D eigenvalue weighted by Gasteiger charge is 2.37. The topological polar surface area (TPSA) is 146 Å². The number of aromatic amines is 2. The fraction of sp³-hybridized carbons (Fsp3) is 0.132. The molecule has 0 unspecified atom stereocenters. The van der Waals surface area contributed by atoms with Gasteiger partial charge in [0, 0.05) is 32.7 Å². The molecule has 0 aliphatic carbocycles. The molecule has 0 spiro atoms. The highest BCUT2D eigenvalue weighted by Crippen LogP contribution is 2.50. The van der Waals surface area contributed by atoms with E-state index in [1.165, 1.54) is 0 Å². The van der Waals surface area contributed by atoms with E-state index in [1.807, 2.05) is 54.6 Å². The number of carbonyl (C=O) groups is 1. The van der Waals surface area contributed by atoms with E-state index < -0.39 is 11.4 Å². The van der Waals surface area contributed by atoms with Gasteiger partial charge in [0.15, 0.2) is 11.6 Å².